The number of rotatable bonds is 5. The number of ether oxygens (including phenoxy) is 1. The number of pyridine rings is 1. The Balaban J connectivity index is 1.52. The second-order valence-corrected chi connectivity index (χ2v) is 9.45. The Bertz CT molecular complexity index is 1210. The van der Waals surface area contributed by atoms with Crippen LogP contribution in [0.3, 0.4) is 0 Å². The van der Waals surface area contributed by atoms with Crippen molar-refractivity contribution < 1.29 is 17.9 Å². The second-order valence-electron chi connectivity index (χ2n) is 6.65. The molecule has 4 rings (SSSR count). The molecule has 0 radical (unpaired) electrons. The van der Waals surface area contributed by atoms with Gasteiger partial charge in [-0.3, -0.25) is 4.79 Å². The van der Waals surface area contributed by atoms with Crippen molar-refractivity contribution in [2.45, 2.75) is 11.3 Å². The number of aromatic nitrogens is 1. The van der Waals surface area contributed by atoms with Crippen molar-refractivity contribution in [3.8, 4) is 11.6 Å². The molecule has 0 saturated heterocycles. The topological polar surface area (TPSA) is 88.6 Å². The molecule has 30 heavy (non-hydrogen) atoms. The van der Waals surface area contributed by atoms with Gasteiger partial charge < -0.3 is 9.64 Å². The van der Waals surface area contributed by atoms with Gasteiger partial charge in [-0.2, -0.15) is 0 Å². The average Bonchev–Trinajstić information content (AvgIpc) is 3.17. The number of carbonyl (C=O) groups excluding carboxylic acids is 1. The number of amides is 1. The van der Waals surface area contributed by atoms with Crippen molar-refractivity contribution in [3.05, 3.63) is 76.4 Å². The molecule has 1 aliphatic rings. The number of benzene rings is 2. The Morgan fingerprint density at radius 1 is 1.17 bits per heavy atom. The van der Waals surface area contributed by atoms with Crippen LogP contribution in [0.4, 0.5) is 5.69 Å². The molecule has 154 valence electrons. The molecular weight excluding hydrogens is 470 g/mol. The Hall–Kier alpha value is -2.75. The minimum atomic E-state index is -3.52. The average molecular weight is 488 g/mol. The molecule has 0 atom stereocenters. The highest BCUT2D eigenvalue weighted by Crippen LogP contribution is 2.31. The van der Waals surface area contributed by atoms with Crippen molar-refractivity contribution in [2.24, 2.45) is 0 Å². The lowest BCUT2D eigenvalue weighted by Gasteiger charge is -2.17. The van der Waals surface area contributed by atoms with Crippen molar-refractivity contribution in [2.75, 3.05) is 18.5 Å². The predicted molar refractivity (Wildman–Crippen MR) is 117 cm³/mol. The van der Waals surface area contributed by atoms with Gasteiger partial charge in [-0.1, -0.05) is 22.0 Å². The fourth-order valence-corrected chi connectivity index (χ4v) is 4.41. The number of carbonyl (C=O) groups is 1. The number of anilines is 1. The zero-order chi connectivity index (χ0) is 21.3. The lowest BCUT2D eigenvalue weighted by Crippen LogP contribution is -2.29. The summed E-state index contributed by atoms with van der Waals surface area (Å²) in [5, 5.41) is 0. The van der Waals surface area contributed by atoms with Crippen LogP contribution < -0.4 is 14.4 Å². The molecule has 2 heterocycles. The van der Waals surface area contributed by atoms with Crippen molar-refractivity contribution >= 4 is 37.5 Å². The highest BCUT2D eigenvalue weighted by molar-refractivity contribution is 9.10. The smallest absolute Gasteiger partial charge is 0.259 e. The van der Waals surface area contributed by atoms with E-state index in [1.54, 1.807) is 29.2 Å². The Labute approximate surface area is 182 Å². The maximum absolute atomic E-state index is 13.0. The first-order valence-corrected chi connectivity index (χ1v) is 11.4. The molecule has 7 nitrogen and oxygen atoms in total. The van der Waals surface area contributed by atoms with Crippen molar-refractivity contribution in [1.82, 2.24) is 9.71 Å². The predicted octanol–water partition coefficient (Wildman–Crippen LogP) is 3.75. The van der Waals surface area contributed by atoms with E-state index in [9.17, 15) is 13.2 Å². The normalized spacial score (nSPS) is 13.2. The lowest BCUT2D eigenvalue weighted by molar-refractivity contribution is 0.0989. The Kier molecular flexibility index (Phi) is 5.59. The van der Waals surface area contributed by atoms with Crippen LogP contribution in [0.1, 0.15) is 15.9 Å². The van der Waals surface area contributed by atoms with E-state index < -0.39 is 10.0 Å². The van der Waals surface area contributed by atoms with Crippen molar-refractivity contribution in [1.29, 1.82) is 0 Å². The van der Waals surface area contributed by atoms with Crippen molar-refractivity contribution in [3.63, 3.8) is 0 Å². The van der Waals surface area contributed by atoms with Crippen LogP contribution in [0.25, 0.3) is 0 Å². The van der Waals surface area contributed by atoms with Gasteiger partial charge in [-0.05, 0) is 61.5 Å². The van der Waals surface area contributed by atoms with E-state index in [4.69, 9.17) is 4.74 Å². The van der Waals surface area contributed by atoms with Crippen LogP contribution in [0.15, 0.2) is 70.2 Å². The summed E-state index contributed by atoms with van der Waals surface area (Å²) in [5.41, 5.74) is 1.96. The summed E-state index contributed by atoms with van der Waals surface area (Å²) in [6, 6.07) is 15.5. The summed E-state index contributed by atoms with van der Waals surface area (Å²) in [7, 11) is -2.15. The Morgan fingerprint density at radius 2 is 2.00 bits per heavy atom. The first kappa shape index (κ1) is 20.5. The zero-order valence-corrected chi connectivity index (χ0v) is 18.4. The molecule has 0 saturated carbocycles. The molecule has 0 bridgehead atoms. The fraction of sp³-hybridized carbons (Fsp3) is 0.143. The first-order chi connectivity index (χ1) is 14.4. The quantitative estimate of drug-likeness (QED) is 0.591. The van der Waals surface area contributed by atoms with Gasteiger partial charge >= 0.3 is 0 Å². The summed E-state index contributed by atoms with van der Waals surface area (Å²) in [6.45, 7) is 0.480. The third-order valence-electron chi connectivity index (χ3n) is 4.77. The maximum atomic E-state index is 13.0. The van der Waals surface area contributed by atoms with E-state index in [-0.39, 0.29) is 10.8 Å². The van der Waals surface area contributed by atoms with Gasteiger partial charge in [-0.15, -0.1) is 0 Å². The van der Waals surface area contributed by atoms with Gasteiger partial charge in [0.1, 0.15) is 5.75 Å². The van der Waals surface area contributed by atoms with Crippen LogP contribution in [-0.4, -0.2) is 32.9 Å². The minimum Gasteiger partial charge on any atom is -0.439 e. The molecule has 3 aromatic rings. The Morgan fingerprint density at radius 3 is 2.70 bits per heavy atom. The van der Waals surface area contributed by atoms with Crippen LogP contribution in [0.2, 0.25) is 0 Å². The molecule has 1 amide bonds. The van der Waals surface area contributed by atoms with E-state index in [0.717, 1.165) is 10.0 Å². The van der Waals surface area contributed by atoms with E-state index >= 15 is 0 Å². The molecule has 1 N–H and O–H groups in total. The van der Waals surface area contributed by atoms with Crippen LogP contribution in [0.5, 0.6) is 11.6 Å². The summed E-state index contributed by atoms with van der Waals surface area (Å²) in [6.07, 6.45) is 2.07. The van der Waals surface area contributed by atoms with Gasteiger partial charge in [0.2, 0.25) is 15.9 Å². The number of nitrogens with zero attached hydrogens (tertiary/aromatic N) is 2. The molecule has 9 heteroatoms. The first-order valence-electron chi connectivity index (χ1n) is 9.15. The molecule has 1 aromatic heterocycles. The molecule has 0 aliphatic carbocycles. The van der Waals surface area contributed by atoms with E-state index in [1.165, 1.54) is 19.3 Å². The lowest BCUT2D eigenvalue weighted by atomic mass is 10.2. The van der Waals surface area contributed by atoms with E-state index in [2.05, 4.69) is 25.6 Å². The summed E-state index contributed by atoms with van der Waals surface area (Å²) in [5.74, 6) is 0.824. The van der Waals surface area contributed by atoms with Crippen LogP contribution in [-0.2, 0) is 16.4 Å². The highest BCUT2D eigenvalue weighted by atomic mass is 79.9. The minimum absolute atomic E-state index is 0.189. The highest BCUT2D eigenvalue weighted by Gasteiger charge is 2.27. The second kappa shape index (κ2) is 8.17. The number of fused-ring (bicyclic) bond motifs is 1. The summed E-state index contributed by atoms with van der Waals surface area (Å²) >= 11 is 3.39. The molecular formula is C21H18BrN3O4S. The van der Waals surface area contributed by atoms with E-state index in [0.29, 0.717) is 35.8 Å². The standard InChI is InChI=1S/C21H18BrN3O4S/c1-23-30(27,28)18-6-7-19-14(11-18)9-10-25(19)21(26)15-5-8-20(24-13-15)29-17-4-2-3-16(22)12-17/h2-8,11-13,23H,9-10H2,1H3. The third kappa shape index (κ3) is 4.09. The number of nitrogens with one attached hydrogen (secondary N) is 1. The van der Waals surface area contributed by atoms with Gasteiger partial charge in [0.25, 0.3) is 5.91 Å². The SMILES string of the molecule is CNS(=O)(=O)c1ccc2c(c1)CCN2C(=O)c1ccc(Oc2cccc(Br)c2)nc1. The molecule has 2 aromatic carbocycles. The zero-order valence-electron chi connectivity index (χ0n) is 16.0. The third-order valence-corrected chi connectivity index (χ3v) is 6.68. The monoisotopic (exact) mass is 487 g/mol. The van der Waals surface area contributed by atoms with Gasteiger partial charge in [0.15, 0.2) is 0 Å². The van der Waals surface area contributed by atoms with Crippen LogP contribution in [0, 0.1) is 0 Å². The number of hydrogen-bond donors (Lipinski definition) is 1. The summed E-state index contributed by atoms with van der Waals surface area (Å²) in [4.78, 5) is 19.0. The number of hydrogen-bond acceptors (Lipinski definition) is 5. The van der Waals surface area contributed by atoms with E-state index in [1.807, 2.05) is 24.3 Å². The molecule has 0 unspecified atom stereocenters. The van der Waals surface area contributed by atoms with Crippen LogP contribution >= 0.6 is 15.9 Å². The van der Waals surface area contributed by atoms with Gasteiger partial charge in [0, 0.05) is 29.0 Å². The largest absolute Gasteiger partial charge is 0.439 e. The number of sulfonamides is 1. The molecule has 0 fully saturated rings. The molecule has 1 aliphatic heterocycles. The summed E-state index contributed by atoms with van der Waals surface area (Å²) < 4.78 is 32.9. The van der Waals surface area contributed by atoms with Gasteiger partial charge in [0.05, 0.1) is 10.5 Å². The molecule has 0 spiro atoms. The number of halogens is 1. The maximum Gasteiger partial charge on any atom is 0.259 e. The van der Waals surface area contributed by atoms with Gasteiger partial charge in [-0.25, -0.2) is 18.1 Å². The fourth-order valence-electron chi connectivity index (χ4n) is 3.25.